The third kappa shape index (κ3) is 3.26. The molecule has 0 bridgehead atoms. The Morgan fingerprint density at radius 3 is 2.83 bits per heavy atom. The predicted molar refractivity (Wildman–Crippen MR) is 90.5 cm³/mol. The van der Waals surface area contributed by atoms with E-state index in [2.05, 4.69) is 15.2 Å². The second kappa shape index (κ2) is 6.65. The molecule has 0 amide bonds. The molecule has 2 aromatic carbocycles. The minimum Gasteiger partial charge on any atom is -0.506 e. The second-order valence-electron chi connectivity index (χ2n) is 4.51. The van der Waals surface area contributed by atoms with Gasteiger partial charge in [-0.15, -0.1) is 5.11 Å². The fraction of sp³-hybridized carbons (Fsp3) is 0. The number of halogens is 1. The van der Waals surface area contributed by atoms with Crippen molar-refractivity contribution in [1.29, 1.82) is 5.26 Å². The Hall–Kier alpha value is -2.62. The average molecular weight is 341 g/mol. The van der Waals surface area contributed by atoms with E-state index in [0.29, 0.717) is 32.2 Å². The van der Waals surface area contributed by atoms with Gasteiger partial charge in [-0.3, -0.25) is 4.98 Å². The van der Waals surface area contributed by atoms with Gasteiger partial charge in [0.2, 0.25) is 0 Å². The number of pyridine rings is 1. The lowest BCUT2D eigenvalue weighted by molar-refractivity contribution is 0.480. The first-order valence-electron chi connectivity index (χ1n) is 6.53. The van der Waals surface area contributed by atoms with Gasteiger partial charge in [0.05, 0.1) is 16.4 Å². The summed E-state index contributed by atoms with van der Waals surface area (Å²) in [5.41, 5.74) is 1.64. The highest BCUT2D eigenvalue weighted by Gasteiger charge is 2.06. The number of fused-ring (bicyclic) bond motifs is 1. The summed E-state index contributed by atoms with van der Waals surface area (Å²) in [6.45, 7) is 0. The van der Waals surface area contributed by atoms with Crippen molar-refractivity contribution in [3.63, 3.8) is 0 Å². The van der Waals surface area contributed by atoms with Gasteiger partial charge in [0.15, 0.2) is 0 Å². The fourth-order valence-corrected chi connectivity index (χ4v) is 2.71. The summed E-state index contributed by atoms with van der Waals surface area (Å²) >= 11 is 7.08. The van der Waals surface area contributed by atoms with E-state index in [-0.39, 0.29) is 5.75 Å². The number of nitriles is 1. The number of phenolic OH excluding ortho intramolecular Hbond substituents is 1. The number of rotatable bonds is 3. The van der Waals surface area contributed by atoms with Gasteiger partial charge < -0.3 is 5.11 Å². The zero-order chi connectivity index (χ0) is 16.2. The second-order valence-corrected chi connectivity index (χ2v) is 5.75. The number of azo groups is 1. The molecule has 3 rings (SSSR count). The molecule has 0 atom stereocenters. The van der Waals surface area contributed by atoms with Crippen LogP contribution in [0.3, 0.4) is 0 Å². The van der Waals surface area contributed by atoms with Gasteiger partial charge in [0.1, 0.15) is 16.7 Å². The maximum absolute atomic E-state index is 9.82. The van der Waals surface area contributed by atoms with Crippen molar-refractivity contribution in [2.75, 3.05) is 0 Å². The molecule has 0 radical (unpaired) electrons. The molecule has 0 fully saturated rings. The van der Waals surface area contributed by atoms with Crippen molar-refractivity contribution in [3.8, 4) is 11.2 Å². The van der Waals surface area contributed by atoms with Crippen LogP contribution in [0.1, 0.15) is 0 Å². The molecule has 0 saturated carbocycles. The van der Waals surface area contributed by atoms with Gasteiger partial charge in [-0.2, -0.15) is 10.4 Å². The Bertz CT molecular complexity index is 952. The molecule has 1 N–H and O–H groups in total. The third-order valence-corrected chi connectivity index (χ3v) is 4.16. The Balaban J connectivity index is 1.96. The summed E-state index contributed by atoms with van der Waals surface area (Å²) in [6.07, 6.45) is 1.61. The van der Waals surface area contributed by atoms with Crippen LogP contribution in [0.15, 0.2) is 63.8 Å². The molecule has 7 heteroatoms. The van der Waals surface area contributed by atoms with E-state index >= 15 is 0 Å². The van der Waals surface area contributed by atoms with E-state index in [1.54, 1.807) is 36.5 Å². The van der Waals surface area contributed by atoms with Crippen LogP contribution in [0.4, 0.5) is 11.4 Å². The summed E-state index contributed by atoms with van der Waals surface area (Å²) in [5.74, 6) is 0.0977. The maximum Gasteiger partial charge on any atom is 0.141 e. The number of aromatic hydroxyl groups is 1. The molecule has 0 aliphatic carbocycles. The highest BCUT2D eigenvalue weighted by Crippen LogP contribution is 2.33. The lowest BCUT2D eigenvalue weighted by atomic mass is 10.2. The smallest absolute Gasteiger partial charge is 0.141 e. The van der Waals surface area contributed by atoms with Crippen LogP contribution in [0, 0.1) is 10.7 Å². The van der Waals surface area contributed by atoms with E-state index in [1.165, 1.54) is 6.07 Å². The summed E-state index contributed by atoms with van der Waals surface area (Å²) in [6, 6.07) is 11.9. The Kier molecular flexibility index (Phi) is 4.42. The Morgan fingerprint density at radius 1 is 1.17 bits per heavy atom. The summed E-state index contributed by atoms with van der Waals surface area (Å²) < 4.78 is 0. The first-order valence-corrected chi connectivity index (χ1v) is 7.72. The molecule has 0 spiro atoms. The molecule has 23 heavy (non-hydrogen) atoms. The monoisotopic (exact) mass is 340 g/mol. The van der Waals surface area contributed by atoms with Crippen molar-refractivity contribution in [1.82, 2.24) is 4.98 Å². The SMILES string of the molecule is N#CSc1ccc(N=Nc2ccc(O)c3ncccc23)cc1Cl. The van der Waals surface area contributed by atoms with E-state index in [9.17, 15) is 5.11 Å². The Morgan fingerprint density at radius 2 is 2.04 bits per heavy atom. The molecule has 0 aliphatic heterocycles. The first-order chi connectivity index (χ1) is 11.2. The number of hydrogen-bond donors (Lipinski definition) is 1. The lowest BCUT2D eigenvalue weighted by Crippen LogP contribution is -1.79. The lowest BCUT2D eigenvalue weighted by Gasteiger charge is -2.03. The number of nitrogens with zero attached hydrogens (tertiary/aromatic N) is 4. The number of aromatic nitrogens is 1. The molecular formula is C16H9ClN4OS. The van der Waals surface area contributed by atoms with Crippen LogP contribution in [0.2, 0.25) is 5.02 Å². The molecule has 0 saturated heterocycles. The molecule has 0 unspecified atom stereocenters. The van der Waals surface area contributed by atoms with E-state index < -0.39 is 0 Å². The van der Waals surface area contributed by atoms with Crippen LogP contribution in [0.25, 0.3) is 10.9 Å². The van der Waals surface area contributed by atoms with Crippen LogP contribution in [0.5, 0.6) is 5.75 Å². The van der Waals surface area contributed by atoms with E-state index in [4.69, 9.17) is 16.9 Å². The normalized spacial score (nSPS) is 11.0. The zero-order valence-corrected chi connectivity index (χ0v) is 13.2. The Labute approximate surface area is 141 Å². The summed E-state index contributed by atoms with van der Waals surface area (Å²) in [4.78, 5) is 4.81. The van der Waals surface area contributed by atoms with Gasteiger partial charge in [-0.1, -0.05) is 11.6 Å². The highest BCUT2D eigenvalue weighted by atomic mass is 35.5. The number of thioether (sulfide) groups is 1. The number of hydrogen-bond acceptors (Lipinski definition) is 6. The highest BCUT2D eigenvalue weighted by molar-refractivity contribution is 8.03. The summed E-state index contributed by atoms with van der Waals surface area (Å²) in [5, 5.41) is 30.0. The van der Waals surface area contributed by atoms with Crippen molar-refractivity contribution < 1.29 is 5.11 Å². The molecule has 5 nitrogen and oxygen atoms in total. The molecule has 0 aliphatic rings. The van der Waals surface area contributed by atoms with Gasteiger partial charge in [0.25, 0.3) is 0 Å². The fourth-order valence-electron chi connectivity index (χ4n) is 2.03. The van der Waals surface area contributed by atoms with Gasteiger partial charge in [-0.05, 0) is 54.2 Å². The van der Waals surface area contributed by atoms with Crippen LogP contribution in [-0.2, 0) is 0 Å². The van der Waals surface area contributed by atoms with Crippen molar-refractivity contribution in [2.45, 2.75) is 4.90 Å². The van der Waals surface area contributed by atoms with Crippen molar-refractivity contribution in [3.05, 3.63) is 53.7 Å². The topological polar surface area (TPSA) is 81.6 Å². The van der Waals surface area contributed by atoms with Gasteiger partial charge in [-0.25, -0.2) is 0 Å². The number of thiocyanates is 1. The van der Waals surface area contributed by atoms with Crippen molar-refractivity contribution >= 4 is 45.6 Å². The standard InChI is InChI=1S/C16H9ClN4OS/c17-12-8-10(3-6-15(12)23-9-18)20-21-13-4-5-14(22)16-11(13)2-1-7-19-16/h1-8,22H. The molecule has 112 valence electrons. The van der Waals surface area contributed by atoms with Crippen molar-refractivity contribution in [2.24, 2.45) is 10.2 Å². The largest absolute Gasteiger partial charge is 0.506 e. The molecule has 1 heterocycles. The number of benzene rings is 2. The zero-order valence-electron chi connectivity index (χ0n) is 11.6. The van der Waals surface area contributed by atoms with Crippen LogP contribution in [-0.4, -0.2) is 10.1 Å². The van der Waals surface area contributed by atoms with Crippen LogP contribution >= 0.6 is 23.4 Å². The molecule has 1 aromatic heterocycles. The predicted octanol–water partition coefficient (Wildman–Crippen LogP) is 5.58. The minimum absolute atomic E-state index is 0.0977. The van der Waals surface area contributed by atoms with Gasteiger partial charge in [0, 0.05) is 16.5 Å². The van der Waals surface area contributed by atoms with E-state index in [0.717, 1.165) is 11.8 Å². The quantitative estimate of drug-likeness (QED) is 0.383. The number of phenols is 1. The van der Waals surface area contributed by atoms with Crippen LogP contribution < -0.4 is 0 Å². The van der Waals surface area contributed by atoms with E-state index in [1.807, 2.05) is 11.5 Å². The van der Waals surface area contributed by atoms with Gasteiger partial charge >= 0.3 is 0 Å². The first kappa shape index (κ1) is 15.3. The molecule has 3 aromatic rings. The average Bonchev–Trinajstić information content (AvgIpc) is 2.57. The molecular weight excluding hydrogens is 332 g/mol. The summed E-state index contributed by atoms with van der Waals surface area (Å²) in [7, 11) is 0. The maximum atomic E-state index is 9.82. The third-order valence-electron chi connectivity index (χ3n) is 3.07. The minimum atomic E-state index is 0.0977.